The number of rotatable bonds is 4. The summed E-state index contributed by atoms with van der Waals surface area (Å²) in [4.78, 5) is 2.46. The minimum atomic E-state index is -0.0685. The summed E-state index contributed by atoms with van der Waals surface area (Å²) < 4.78 is 2.70. The first-order valence-corrected chi connectivity index (χ1v) is 16.4. The Morgan fingerprint density at radius 3 is 2.07 bits per heavy atom. The number of nitrogens with zero attached hydrogens (tertiary/aromatic N) is 1. The average molecular weight is 594 g/mol. The molecule has 1 aliphatic carbocycles. The van der Waals surface area contributed by atoms with Crippen LogP contribution in [0.3, 0.4) is 0 Å². The summed E-state index contributed by atoms with van der Waals surface area (Å²) in [6.07, 6.45) is 0. The van der Waals surface area contributed by atoms with Crippen molar-refractivity contribution in [2.75, 3.05) is 4.90 Å². The number of benzene rings is 7. The molecule has 0 radical (unpaired) electrons. The van der Waals surface area contributed by atoms with Gasteiger partial charge in [-0.2, -0.15) is 0 Å². The van der Waals surface area contributed by atoms with E-state index < -0.39 is 0 Å². The predicted molar refractivity (Wildman–Crippen MR) is 195 cm³/mol. The van der Waals surface area contributed by atoms with Crippen LogP contribution in [0.1, 0.15) is 25.0 Å². The van der Waals surface area contributed by atoms with Crippen LogP contribution in [0.2, 0.25) is 0 Å². The van der Waals surface area contributed by atoms with Gasteiger partial charge >= 0.3 is 0 Å². The van der Waals surface area contributed by atoms with Gasteiger partial charge in [-0.25, -0.2) is 0 Å². The second-order valence-electron chi connectivity index (χ2n) is 12.6. The predicted octanol–water partition coefficient (Wildman–Crippen LogP) is 12.7. The van der Waals surface area contributed by atoms with Crippen LogP contribution in [0.4, 0.5) is 17.1 Å². The maximum atomic E-state index is 2.46. The highest BCUT2D eigenvalue weighted by atomic mass is 32.1. The van der Waals surface area contributed by atoms with Crippen LogP contribution in [-0.2, 0) is 5.41 Å². The third-order valence-electron chi connectivity index (χ3n) is 9.66. The fraction of sp³-hybridized carbons (Fsp3) is 0.0698. The van der Waals surface area contributed by atoms with Gasteiger partial charge in [-0.3, -0.25) is 0 Å². The zero-order valence-corrected chi connectivity index (χ0v) is 26.1. The third-order valence-corrected chi connectivity index (χ3v) is 10.9. The zero-order valence-electron chi connectivity index (χ0n) is 25.3. The van der Waals surface area contributed by atoms with Gasteiger partial charge in [0.2, 0.25) is 0 Å². The van der Waals surface area contributed by atoms with Crippen molar-refractivity contribution in [2.45, 2.75) is 19.3 Å². The van der Waals surface area contributed by atoms with Crippen LogP contribution in [0.5, 0.6) is 0 Å². The first-order valence-electron chi connectivity index (χ1n) is 15.6. The molecule has 0 N–H and O–H groups in total. The number of thiophene rings is 1. The molecular formula is C43H31NS. The molecule has 1 heterocycles. The molecule has 0 aliphatic heterocycles. The second kappa shape index (κ2) is 9.92. The average Bonchev–Trinajstić information content (AvgIpc) is 3.59. The van der Waals surface area contributed by atoms with Gasteiger partial charge in [0.1, 0.15) is 0 Å². The van der Waals surface area contributed by atoms with Crippen LogP contribution in [0, 0.1) is 0 Å². The van der Waals surface area contributed by atoms with Crippen LogP contribution >= 0.6 is 11.3 Å². The highest BCUT2D eigenvalue weighted by Crippen LogP contribution is 2.54. The Hall–Kier alpha value is -5.18. The maximum absolute atomic E-state index is 2.46. The SMILES string of the molecule is CC1(C)c2ccccc2-c2c(N(c3ccc(-c4ccccc4)cc3)c3ccc4c(ccc5c6ccccc6sc45)c3)cccc21. The van der Waals surface area contributed by atoms with E-state index in [9.17, 15) is 0 Å². The molecule has 1 nitrogen and oxygen atoms in total. The minimum Gasteiger partial charge on any atom is -0.310 e. The van der Waals surface area contributed by atoms with Gasteiger partial charge in [-0.1, -0.05) is 129 Å². The fourth-order valence-corrected chi connectivity index (χ4v) is 8.66. The molecule has 2 heteroatoms. The van der Waals surface area contributed by atoms with E-state index in [1.54, 1.807) is 0 Å². The summed E-state index contributed by atoms with van der Waals surface area (Å²) in [5, 5.41) is 5.24. The normalized spacial score (nSPS) is 13.3. The lowest BCUT2D eigenvalue weighted by molar-refractivity contribution is 0.660. The second-order valence-corrected chi connectivity index (χ2v) is 13.6. The van der Waals surface area contributed by atoms with Crippen LogP contribution in [0.25, 0.3) is 53.2 Å². The van der Waals surface area contributed by atoms with Gasteiger partial charge in [0.25, 0.3) is 0 Å². The number of anilines is 3. The molecule has 0 atom stereocenters. The summed E-state index contributed by atoms with van der Waals surface area (Å²) in [6.45, 7) is 4.71. The summed E-state index contributed by atoms with van der Waals surface area (Å²) in [7, 11) is 0. The molecule has 1 aromatic heterocycles. The van der Waals surface area contributed by atoms with Crippen molar-refractivity contribution >= 4 is 59.3 Å². The molecule has 45 heavy (non-hydrogen) atoms. The van der Waals surface area contributed by atoms with Gasteiger partial charge in [-0.15, -0.1) is 11.3 Å². The Kier molecular flexibility index (Phi) is 5.78. The first kappa shape index (κ1) is 26.2. The van der Waals surface area contributed by atoms with E-state index in [4.69, 9.17) is 0 Å². The molecule has 214 valence electrons. The van der Waals surface area contributed by atoms with E-state index in [0.717, 1.165) is 11.4 Å². The molecule has 7 aromatic carbocycles. The molecule has 0 unspecified atom stereocenters. The van der Waals surface area contributed by atoms with E-state index >= 15 is 0 Å². The Morgan fingerprint density at radius 1 is 0.511 bits per heavy atom. The van der Waals surface area contributed by atoms with Crippen molar-refractivity contribution in [2.24, 2.45) is 0 Å². The first-order chi connectivity index (χ1) is 22.1. The smallest absolute Gasteiger partial charge is 0.0543 e. The van der Waals surface area contributed by atoms with Crippen molar-refractivity contribution in [1.29, 1.82) is 0 Å². The summed E-state index contributed by atoms with van der Waals surface area (Å²) in [5.74, 6) is 0. The number of fused-ring (bicyclic) bond motifs is 8. The topological polar surface area (TPSA) is 3.24 Å². The highest BCUT2D eigenvalue weighted by Gasteiger charge is 2.37. The van der Waals surface area contributed by atoms with Gasteiger partial charge in [0, 0.05) is 42.5 Å². The van der Waals surface area contributed by atoms with Crippen molar-refractivity contribution in [3.05, 3.63) is 163 Å². The van der Waals surface area contributed by atoms with Crippen molar-refractivity contribution in [3.8, 4) is 22.3 Å². The molecule has 0 amide bonds. The van der Waals surface area contributed by atoms with Gasteiger partial charge in [-0.05, 0) is 75.0 Å². The lowest BCUT2D eigenvalue weighted by atomic mass is 9.82. The monoisotopic (exact) mass is 593 g/mol. The van der Waals surface area contributed by atoms with Crippen LogP contribution in [0.15, 0.2) is 152 Å². The summed E-state index contributed by atoms with van der Waals surface area (Å²) in [6, 6.07) is 55.8. The number of hydrogen-bond donors (Lipinski definition) is 0. The lowest BCUT2D eigenvalue weighted by Crippen LogP contribution is -2.16. The maximum Gasteiger partial charge on any atom is 0.0543 e. The van der Waals surface area contributed by atoms with E-state index in [1.165, 1.54) is 70.0 Å². The Bertz CT molecular complexity index is 2400. The highest BCUT2D eigenvalue weighted by molar-refractivity contribution is 7.26. The van der Waals surface area contributed by atoms with Gasteiger partial charge < -0.3 is 4.90 Å². The van der Waals surface area contributed by atoms with Crippen molar-refractivity contribution in [1.82, 2.24) is 0 Å². The standard InChI is InChI=1S/C43H31NS/c1-43(2)37-15-8-6-14-36(37)41-38(43)16-10-17-39(41)44(31-22-19-29(20-23-31)28-11-4-3-5-12-28)32-24-26-33-30(27-32)21-25-35-34-13-7-9-18-40(34)45-42(33)35/h3-27H,1-2H3. The summed E-state index contributed by atoms with van der Waals surface area (Å²) in [5.41, 5.74) is 11.3. The molecular weight excluding hydrogens is 563 g/mol. The summed E-state index contributed by atoms with van der Waals surface area (Å²) >= 11 is 1.89. The van der Waals surface area contributed by atoms with Crippen LogP contribution < -0.4 is 4.90 Å². The van der Waals surface area contributed by atoms with Gasteiger partial charge in [0.15, 0.2) is 0 Å². The lowest BCUT2D eigenvalue weighted by Gasteiger charge is -2.29. The molecule has 0 spiro atoms. The number of hydrogen-bond acceptors (Lipinski definition) is 2. The van der Waals surface area contributed by atoms with E-state index in [2.05, 4.69) is 170 Å². The fourth-order valence-electron chi connectivity index (χ4n) is 7.42. The van der Waals surface area contributed by atoms with E-state index in [-0.39, 0.29) is 5.41 Å². The van der Waals surface area contributed by atoms with Crippen LogP contribution in [-0.4, -0.2) is 0 Å². The molecule has 0 saturated carbocycles. The third kappa shape index (κ3) is 3.99. The van der Waals surface area contributed by atoms with E-state index in [1.807, 2.05) is 11.3 Å². The zero-order chi connectivity index (χ0) is 30.1. The molecule has 0 fully saturated rings. The molecule has 0 saturated heterocycles. The van der Waals surface area contributed by atoms with Crippen molar-refractivity contribution in [3.63, 3.8) is 0 Å². The minimum absolute atomic E-state index is 0.0685. The van der Waals surface area contributed by atoms with E-state index in [0.29, 0.717) is 0 Å². The van der Waals surface area contributed by atoms with Crippen molar-refractivity contribution < 1.29 is 0 Å². The van der Waals surface area contributed by atoms with Gasteiger partial charge in [0.05, 0.1) is 5.69 Å². The molecule has 9 rings (SSSR count). The molecule has 0 bridgehead atoms. The molecule has 8 aromatic rings. The largest absolute Gasteiger partial charge is 0.310 e. The molecule has 1 aliphatic rings. The quantitative estimate of drug-likeness (QED) is 0.196. The Balaban J connectivity index is 1.27. The Morgan fingerprint density at radius 2 is 1.20 bits per heavy atom. The Labute approximate surface area is 267 Å².